The fourth-order valence-electron chi connectivity index (χ4n) is 1.47. The monoisotopic (exact) mass is 250 g/mol. The molecule has 1 aromatic carbocycles. The van der Waals surface area contributed by atoms with Crippen molar-refractivity contribution in [3.8, 4) is 5.75 Å². The first-order valence-corrected chi connectivity index (χ1v) is 6.17. The standard InChI is InChI=1S/C14H23BO3/c1-10-9-11(7-8-12(10)17-6)15-18-14(4,5)13(2,3)16/h7-9,15-16H,1-6H3. The van der Waals surface area contributed by atoms with E-state index in [1.165, 1.54) is 0 Å². The minimum atomic E-state index is -0.880. The topological polar surface area (TPSA) is 38.7 Å². The van der Waals surface area contributed by atoms with E-state index in [0.717, 1.165) is 16.8 Å². The molecule has 0 radical (unpaired) electrons. The van der Waals surface area contributed by atoms with E-state index in [2.05, 4.69) is 0 Å². The molecule has 18 heavy (non-hydrogen) atoms. The Morgan fingerprint density at radius 3 is 2.22 bits per heavy atom. The molecule has 1 rings (SSSR count). The van der Waals surface area contributed by atoms with Crippen LogP contribution in [-0.2, 0) is 4.65 Å². The maximum Gasteiger partial charge on any atom is 0.309 e. The summed E-state index contributed by atoms with van der Waals surface area (Å²) in [6.07, 6.45) is 0. The van der Waals surface area contributed by atoms with Crippen molar-refractivity contribution >= 4 is 12.9 Å². The van der Waals surface area contributed by atoms with E-state index in [1.54, 1.807) is 21.0 Å². The van der Waals surface area contributed by atoms with Crippen LogP contribution in [0.25, 0.3) is 0 Å². The quantitative estimate of drug-likeness (QED) is 0.806. The molecule has 3 nitrogen and oxygen atoms in total. The van der Waals surface area contributed by atoms with Crippen LogP contribution in [0.3, 0.4) is 0 Å². The number of rotatable bonds is 5. The van der Waals surface area contributed by atoms with Crippen LogP contribution >= 0.6 is 0 Å². The van der Waals surface area contributed by atoms with Crippen LogP contribution in [0.2, 0.25) is 0 Å². The Balaban J connectivity index is 2.73. The number of aliphatic hydroxyl groups is 1. The summed E-state index contributed by atoms with van der Waals surface area (Å²) < 4.78 is 11.0. The second kappa shape index (κ2) is 5.33. The van der Waals surface area contributed by atoms with Gasteiger partial charge in [0.15, 0.2) is 0 Å². The molecule has 0 fully saturated rings. The lowest BCUT2D eigenvalue weighted by molar-refractivity contribution is -0.0893. The van der Waals surface area contributed by atoms with Crippen molar-refractivity contribution in [2.24, 2.45) is 0 Å². The smallest absolute Gasteiger partial charge is 0.309 e. The first-order chi connectivity index (χ1) is 8.17. The fraction of sp³-hybridized carbons (Fsp3) is 0.571. The number of aryl methyl sites for hydroxylation is 1. The Kier molecular flexibility index (Phi) is 4.46. The summed E-state index contributed by atoms with van der Waals surface area (Å²) in [6, 6.07) is 5.96. The molecule has 100 valence electrons. The van der Waals surface area contributed by atoms with Crippen molar-refractivity contribution in [2.45, 2.75) is 45.8 Å². The van der Waals surface area contributed by atoms with Gasteiger partial charge in [0, 0.05) is 0 Å². The zero-order valence-electron chi connectivity index (χ0n) is 12.2. The van der Waals surface area contributed by atoms with Gasteiger partial charge in [0.2, 0.25) is 0 Å². The van der Waals surface area contributed by atoms with Gasteiger partial charge in [-0.2, -0.15) is 0 Å². The van der Waals surface area contributed by atoms with Gasteiger partial charge in [-0.25, -0.2) is 0 Å². The molecule has 0 aromatic heterocycles. The molecule has 1 N–H and O–H groups in total. The molecule has 0 aliphatic carbocycles. The Morgan fingerprint density at radius 2 is 1.78 bits per heavy atom. The molecule has 0 unspecified atom stereocenters. The first-order valence-electron chi connectivity index (χ1n) is 6.17. The molecule has 0 amide bonds. The summed E-state index contributed by atoms with van der Waals surface area (Å²) >= 11 is 0. The van der Waals surface area contributed by atoms with Gasteiger partial charge in [-0.3, -0.25) is 0 Å². The Labute approximate surface area is 110 Å². The molecule has 0 aliphatic heterocycles. The van der Waals surface area contributed by atoms with Gasteiger partial charge in [0.05, 0.1) is 18.3 Å². The molecule has 0 aliphatic rings. The van der Waals surface area contributed by atoms with E-state index in [1.807, 2.05) is 39.0 Å². The SMILES string of the molecule is COc1ccc(BOC(C)(C)C(C)(C)O)cc1C. The zero-order valence-corrected chi connectivity index (χ0v) is 12.2. The second-order valence-corrected chi connectivity index (χ2v) is 5.66. The average molecular weight is 250 g/mol. The van der Waals surface area contributed by atoms with Crippen molar-refractivity contribution < 1.29 is 14.5 Å². The number of hydrogen-bond donors (Lipinski definition) is 1. The number of methoxy groups -OCH3 is 1. The summed E-state index contributed by atoms with van der Waals surface area (Å²) in [5, 5.41) is 10.0. The highest BCUT2D eigenvalue weighted by molar-refractivity contribution is 6.47. The molecule has 0 saturated carbocycles. The predicted molar refractivity (Wildman–Crippen MR) is 76.0 cm³/mol. The lowest BCUT2D eigenvalue weighted by atomic mass is 9.82. The van der Waals surface area contributed by atoms with Gasteiger partial charge in [0.25, 0.3) is 0 Å². The molecule has 0 saturated heterocycles. The van der Waals surface area contributed by atoms with Gasteiger partial charge in [-0.15, -0.1) is 0 Å². The zero-order chi connectivity index (χ0) is 14.0. The molecule has 1 aromatic rings. The third-order valence-electron chi connectivity index (χ3n) is 3.53. The second-order valence-electron chi connectivity index (χ2n) is 5.66. The van der Waals surface area contributed by atoms with E-state index in [0.29, 0.717) is 7.48 Å². The number of benzene rings is 1. The molecule has 0 atom stereocenters. The van der Waals surface area contributed by atoms with Crippen LogP contribution in [0.4, 0.5) is 0 Å². The minimum Gasteiger partial charge on any atom is -0.496 e. The normalized spacial score (nSPS) is 12.4. The maximum atomic E-state index is 10.0. The molecule has 0 bridgehead atoms. The molecule has 4 heteroatoms. The van der Waals surface area contributed by atoms with Crippen molar-refractivity contribution in [3.63, 3.8) is 0 Å². The van der Waals surface area contributed by atoms with Crippen molar-refractivity contribution in [1.82, 2.24) is 0 Å². The van der Waals surface area contributed by atoms with Crippen LogP contribution in [0.5, 0.6) is 5.75 Å². The minimum absolute atomic E-state index is 0.474. The predicted octanol–water partition coefficient (Wildman–Crippen LogP) is 1.55. The van der Waals surface area contributed by atoms with Gasteiger partial charge in [-0.1, -0.05) is 17.6 Å². The van der Waals surface area contributed by atoms with Crippen LogP contribution in [0.1, 0.15) is 33.3 Å². The van der Waals surface area contributed by atoms with Crippen LogP contribution in [0, 0.1) is 6.92 Å². The van der Waals surface area contributed by atoms with Gasteiger partial charge >= 0.3 is 7.48 Å². The van der Waals surface area contributed by atoms with Crippen LogP contribution in [0.15, 0.2) is 18.2 Å². The lowest BCUT2D eigenvalue weighted by Crippen LogP contribution is -2.49. The van der Waals surface area contributed by atoms with Gasteiger partial charge in [0.1, 0.15) is 5.75 Å². The molecule has 0 heterocycles. The van der Waals surface area contributed by atoms with E-state index in [-0.39, 0.29) is 0 Å². The number of ether oxygens (including phenoxy) is 1. The molecule has 0 spiro atoms. The van der Waals surface area contributed by atoms with Crippen LogP contribution < -0.4 is 10.2 Å². The van der Waals surface area contributed by atoms with Crippen LogP contribution in [-0.4, -0.2) is 30.9 Å². The summed E-state index contributed by atoms with van der Waals surface area (Å²) in [5.74, 6) is 0.875. The molecular formula is C14H23BO3. The summed E-state index contributed by atoms with van der Waals surface area (Å²) in [4.78, 5) is 0. The van der Waals surface area contributed by atoms with E-state index >= 15 is 0 Å². The summed E-state index contributed by atoms with van der Waals surface area (Å²) in [6.45, 7) is 9.30. The highest BCUT2D eigenvalue weighted by Crippen LogP contribution is 2.24. The van der Waals surface area contributed by atoms with Crippen molar-refractivity contribution in [2.75, 3.05) is 7.11 Å². The number of hydrogen-bond acceptors (Lipinski definition) is 3. The van der Waals surface area contributed by atoms with E-state index < -0.39 is 11.2 Å². The van der Waals surface area contributed by atoms with Crippen molar-refractivity contribution in [1.29, 1.82) is 0 Å². The third kappa shape index (κ3) is 3.50. The summed E-state index contributed by atoms with van der Waals surface area (Å²) in [7, 11) is 2.14. The Bertz CT molecular complexity index is 408. The van der Waals surface area contributed by atoms with Gasteiger partial charge < -0.3 is 14.5 Å². The Morgan fingerprint density at radius 1 is 1.17 bits per heavy atom. The molecular weight excluding hydrogens is 227 g/mol. The van der Waals surface area contributed by atoms with E-state index in [9.17, 15) is 5.11 Å². The maximum absolute atomic E-state index is 10.0. The first kappa shape index (κ1) is 15.1. The Hall–Kier alpha value is -0.995. The third-order valence-corrected chi connectivity index (χ3v) is 3.53. The highest BCUT2D eigenvalue weighted by atomic mass is 16.5. The fourth-order valence-corrected chi connectivity index (χ4v) is 1.47. The average Bonchev–Trinajstić information content (AvgIpc) is 2.25. The van der Waals surface area contributed by atoms with Gasteiger partial charge in [-0.05, 0) is 46.2 Å². The highest BCUT2D eigenvalue weighted by Gasteiger charge is 2.35. The van der Waals surface area contributed by atoms with Crippen molar-refractivity contribution in [3.05, 3.63) is 23.8 Å². The summed E-state index contributed by atoms with van der Waals surface area (Å²) in [5.41, 5.74) is 0.681. The largest absolute Gasteiger partial charge is 0.496 e. The van der Waals surface area contributed by atoms with E-state index in [4.69, 9.17) is 9.39 Å². The lowest BCUT2D eigenvalue weighted by Gasteiger charge is -2.37.